The lowest BCUT2D eigenvalue weighted by molar-refractivity contribution is 0.483. The van der Waals surface area contributed by atoms with Gasteiger partial charge in [0.25, 0.3) is 0 Å². The van der Waals surface area contributed by atoms with Gasteiger partial charge in [0.05, 0.1) is 5.52 Å². The second-order valence-electron chi connectivity index (χ2n) is 5.24. The third-order valence-corrected chi connectivity index (χ3v) is 4.16. The second-order valence-corrected chi connectivity index (χ2v) is 5.99. The first kappa shape index (κ1) is 12.8. The average Bonchev–Trinajstić information content (AvgIpc) is 3.33. The number of ether oxygens (including phenoxy) is 1. The van der Waals surface area contributed by atoms with Crippen LogP contribution in [0.4, 0.5) is 0 Å². The zero-order valence-electron chi connectivity index (χ0n) is 11.3. The van der Waals surface area contributed by atoms with Crippen LogP contribution in [-0.4, -0.2) is 9.97 Å². The summed E-state index contributed by atoms with van der Waals surface area (Å²) in [6.07, 6.45) is 2.40. The number of benzene rings is 2. The Balaban J connectivity index is 1.72. The van der Waals surface area contributed by atoms with Gasteiger partial charge in [-0.15, -0.1) is 0 Å². The van der Waals surface area contributed by atoms with Crippen molar-refractivity contribution in [1.29, 1.82) is 0 Å². The zero-order valence-corrected chi connectivity index (χ0v) is 12.9. The summed E-state index contributed by atoms with van der Waals surface area (Å²) in [5.41, 5.74) is 0.958. The molecule has 4 heteroatoms. The molecule has 0 atom stereocenters. The van der Waals surface area contributed by atoms with E-state index in [4.69, 9.17) is 4.74 Å². The molecule has 1 fully saturated rings. The number of nitrogens with zero attached hydrogens (tertiary/aromatic N) is 2. The molecular formula is C17H13BrN2O. The van der Waals surface area contributed by atoms with E-state index in [0.717, 1.165) is 32.8 Å². The van der Waals surface area contributed by atoms with Crippen LogP contribution in [0.1, 0.15) is 24.6 Å². The fourth-order valence-corrected chi connectivity index (χ4v) is 2.80. The van der Waals surface area contributed by atoms with E-state index in [2.05, 4.69) is 25.9 Å². The molecule has 0 amide bonds. The van der Waals surface area contributed by atoms with Gasteiger partial charge < -0.3 is 4.74 Å². The molecule has 2 aromatic carbocycles. The van der Waals surface area contributed by atoms with Crippen molar-refractivity contribution in [2.45, 2.75) is 18.8 Å². The second kappa shape index (κ2) is 5.11. The van der Waals surface area contributed by atoms with Crippen molar-refractivity contribution in [2.24, 2.45) is 0 Å². The van der Waals surface area contributed by atoms with Crippen LogP contribution in [-0.2, 0) is 0 Å². The van der Waals surface area contributed by atoms with E-state index in [1.807, 2.05) is 48.5 Å². The Labute approximate surface area is 131 Å². The molecule has 3 aromatic rings. The van der Waals surface area contributed by atoms with Gasteiger partial charge in [0.1, 0.15) is 21.9 Å². The Morgan fingerprint density at radius 1 is 0.952 bits per heavy atom. The van der Waals surface area contributed by atoms with Crippen molar-refractivity contribution in [3.8, 4) is 11.5 Å². The van der Waals surface area contributed by atoms with Gasteiger partial charge in [-0.25, -0.2) is 9.97 Å². The summed E-state index contributed by atoms with van der Waals surface area (Å²) in [6, 6.07) is 15.7. The van der Waals surface area contributed by atoms with E-state index in [1.54, 1.807) is 0 Å². The van der Waals surface area contributed by atoms with Gasteiger partial charge in [0.15, 0.2) is 0 Å². The van der Waals surface area contributed by atoms with Gasteiger partial charge in [0.2, 0.25) is 0 Å². The SMILES string of the molecule is Brc1nc(C2CC2)nc2ccc(Oc3ccccc3)cc12. The molecule has 21 heavy (non-hydrogen) atoms. The summed E-state index contributed by atoms with van der Waals surface area (Å²) in [6.45, 7) is 0. The Morgan fingerprint density at radius 3 is 2.52 bits per heavy atom. The third-order valence-electron chi connectivity index (χ3n) is 3.56. The maximum Gasteiger partial charge on any atom is 0.133 e. The van der Waals surface area contributed by atoms with Crippen LogP contribution in [0.25, 0.3) is 10.9 Å². The molecule has 3 nitrogen and oxygen atoms in total. The fraction of sp³-hybridized carbons (Fsp3) is 0.176. The minimum Gasteiger partial charge on any atom is -0.457 e. The molecule has 0 bridgehead atoms. The standard InChI is InChI=1S/C17H13BrN2O/c18-16-14-10-13(21-12-4-2-1-3-5-12)8-9-15(14)19-17(20-16)11-6-7-11/h1-5,8-11H,6-7H2. The predicted octanol–water partition coefficient (Wildman–Crippen LogP) is 5.06. The summed E-state index contributed by atoms with van der Waals surface area (Å²) in [5.74, 6) is 3.11. The van der Waals surface area contributed by atoms with Crippen molar-refractivity contribution in [3.63, 3.8) is 0 Å². The van der Waals surface area contributed by atoms with Gasteiger partial charge in [-0.3, -0.25) is 0 Å². The molecule has 0 saturated heterocycles. The van der Waals surface area contributed by atoms with Crippen LogP contribution in [0.2, 0.25) is 0 Å². The quantitative estimate of drug-likeness (QED) is 0.625. The van der Waals surface area contributed by atoms with Crippen molar-refractivity contribution in [2.75, 3.05) is 0 Å². The van der Waals surface area contributed by atoms with Gasteiger partial charge >= 0.3 is 0 Å². The van der Waals surface area contributed by atoms with Crippen molar-refractivity contribution < 1.29 is 4.74 Å². The monoisotopic (exact) mass is 340 g/mol. The average molecular weight is 341 g/mol. The molecule has 0 spiro atoms. The lowest BCUT2D eigenvalue weighted by Gasteiger charge is -2.08. The van der Waals surface area contributed by atoms with Crippen molar-refractivity contribution in [1.82, 2.24) is 9.97 Å². The lowest BCUT2D eigenvalue weighted by atomic mass is 10.2. The minimum absolute atomic E-state index is 0.547. The summed E-state index contributed by atoms with van der Waals surface area (Å²) >= 11 is 3.56. The molecule has 1 heterocycles. The van der Waals surface area contributed by atoms with Crippen LogP contribution in [0.5, 0.6) is 11.5 Å². The Morgan fingerprint density at radius 2 is 1.76 bits per heavy atom. The molecule has 1 aliphatic carbocycles. The van der Waals surface area contributed by atoms with E-state index < -0.39 is 0 Å². The van der Waals surface area contributed by atoms with Crippen LogP contribution in [0, 0.1) is 0 Å². The third kappa shape index (κ3) is 2.63. The highest BCUT2D eigenvalue weighted by atomic mass is 79.9. The van der Waals surface area contributed by atoms with Gasteiger partial charge in [-0.2, -0.15) is 0 Å². The number of para-hydroxylation sites is 1. The first-order valence-electron chi connectivity index (χ1n) is 7.00. The van der Waals surface area contributed by atoms with Crippen molar-refractivity contribution in [3.05, 3.63) is 59.0 Å². The maximum absolute atomic E-state index is 5.86. The Bertz CT molecular complexity index is 800. The molecule has 1 saturated carbocycles. The van der Waals surface area contributed by atoms with Crippen LogP contribution in [0.15, 0.2) is 53.1 Å². The first-order valence-corrected chi connectivity index (χ1v) is 7.79. The highest BCUT2D eigenvalue weighted by Gasteiger charge is 2.27. The minimum atomic E-state index is 0.547. The topological polar surface area (TPSA) is 35.0 Å². The summed E-state index contributed by atoms with van der Waals surface area (Å²) in [5, 5.41) is 0.979. The van der Waals surface area contributed by atoms with E-state index in [-0.39, 0.29) is 0 Å². The van der Waals surface area contributed by atoms with Gasteiger partial charge in [-0.05, 0) is 59.1 Å². The number of fused-ring (bicyclic) bond motifs is 1. The van der Waals surface area contributed by atoms with Gasteiger partial charge in [-0.1, -0.05) is 18.2 Å². The Kier molecular flexibility index (Phi) is 3.11. The molecule has 104 valence electrons. The predicted molar refractivity (Wildman–Crippen MR) is 85.7 cm³/mol. The maximum atomic E-state index is 5.86. The molecule has 1 aliphatic rings. The highest BCUT2D eigenvalue weighted by Crippen LogP contribution is 2.39. The number of rotatable bonds is 3. The first-order chi connectivity index (χ1) is 10.3. The smallest absolute Gasteiger partial charge is 0.133 e. The highest BCUT2D eigenvalue weighted by molar-refractivity contribution is 9.10. The fourth-order valence-electron chi connectivity index (χ4n) is 2.30. The van der Waals surface area contributed by atoms with Crippen molar-refractivity contribution >= 4 is 26.8 Å². The number of aromatic nitrogens is 2. The Hall–Kier alpha value is -1.94. The van der Waals surface area contributed by atoms with Crippen LogP contribution >= 0.6 is 15.9 Å². The van der Waals surface area contributed by atoms with E-state index >= 15 is 0 Å². The summed E-state index contributed by atoms with van der Waals surface area (Å²) in [4.78, 5) is 9.21. The normalized spacial score (nSPS) is 14.3. The molecule has 0 unspecified atom stereocenters. The van der Waals surface area contributed by atoms with Gasteiger partial charge in [0, 0.05) is 11.3 Å². The van der Waals surface area contributed by atoms with E-state index in [9.17, 15) is 0 Å². The summed E-state index contributed by atoms with van der Waals surface area (Å²) < 4.78 is 6.70. The number of hydrogen-bond acceptors (Lipinski definition) is 3. The molecule has 0 aliphatic heterocycles. The van der Waals surface area contributed by atoms with Crippen LogP contribution in [0.3, 0.4) is 0 Å². The number of halogens is 1. The molecule has 4 rings (SSSR count). The number of hydrogen-bond donors (Lipinski definition) is 0. The largest absolute Gasteiger partial charge is 0.457 e. The molecular weight excluding hydrogens is 328 g/mol. The summed E-state index contributed by atoms with van der Waals surface area (Å²) in [7, 11) is 0. The van der Waals surface area contributed by atoms with E-state index in [0.29, 0.717) is 5.92 Å². The van der Waals surface area contributed by atoms with E-state index in [1.165, 1.54) is 12.8 Å². The van der Waals surface area contributed by atoms with Crippen LogP contribution < -0.4 is 4.74 Å². The molecule has 0 radical (unpaired) electrons. The molecule has 0 N–H and O–H groups in total. The zero-order chi connectivity index (χ0) is 14.2. The lowest BCUT2D eigenvalue weighted by Crippen LogP contribution is -1.95. The molecule has 1 aromatic heterocycles.